The molecule has 1 N–H and O–H groups in total. The fourth-order valence-electron chi connectivity index (χ4n) is 2.58. The maximum Gasteiger partial charge on any atom is 0.141 e. The molecule has 0 aliphatic heterocycles. The smallest absolute Gasteiger partial charge is 0.141 e. The number of benzene rings is 1. The van der Waals surface area contributed by atoms with Crippen LogP contribution in [0.1, 0.15) is 43.4 Å². The highest BCUT2D eigenvalue weighted by Crippen LogP contribution is 2.25. The van der Waals surface area contributed by atoms with Crippen LogP contribution < -0.4 is 5.32 Å². The van der Waals surface area contributed by atoms with Gasteiger partial charge in [0.15, 0.2) is 0 Å². The van der Waals surface area contributed by atoms with Crippen molar-refractivity contribution in [3.63, 3.8) is 0 Å². The predicted octanol–water partition coefficient (Wildman–Crippen LogP) is 5.02. The van der Waals surface area contributed by atoms with E-state index in [1.165, 1.54) is 11.3 Å². The minimum Gasteiger partial charge on any atom is -0.384 e. The summed E-state index contributed by atoms with van der Waals surface area (Å²) in [4.78, 5) is 0. The van der Waals surface area contributed by atoms with Gasteiger partial charge in [0.1, 0.15) is 5.76 Å². The van der Waals surface area contributed by atoms with E-state index < -0.39 is 0 Å². The van der Waals surface area contributed by atoms with Crippen molar-refractivity contribution in [2.45, 2.75) is 41.2 Å². The maximum absolute atomic E-state index is 5.31. The van der Waals surface area contributed by atoms with Crippen molar-refractivity contribution >= 4 is 5.57 Å². The summed E-state index contributed by atoms with van der Waals surface area (Å²) < 4.78 is 5.31. The predicted molar refractivity (Wildman–Crippen MR) is 95.8 cm³/mol. The number of allylic oxidation sites excluding steroid dienone is 4. The Labute approximate surface area is 139 Å². The third-order valence-electron chi connectivity index (χ3n) is 3.91. The first kappa shape index (κ1) is 17.1. The molecule has 0 saturated carbocycles. The van der Waals surface area contributed by atoms with E-state index in [9.17, 15) is 0 Å². The molecule has 0 amide bonds. The molecule has 1 heterocycles. The minimum absolute atomic E-state index is 0.411. The van der Waals surface area contributed by atoms with E-state index >= 15 is 0 Å². The Morgan fingerprint density at radius 3 is 2.43 bits per heavy atom. The maximum atomic E-state index is 5.31. The lowest BCUT2D eigenvalue weighted by atomic mass is 9.99. The molecule has 0 aliphatic rings. The fourth-order valence-corrected chi connectivity index (χ4v) is 2.58. The number of aryl methyl sites for hydroxylation is 2. The summed E-state index contributed by atoms with van der Waals surface area (Å²) in [5, 5.41) is 7.64. The van der Waals surface area contributed by atoms with Crippen LogP contribution >= 0.6 is 0 Å². The molecule has 2 rings (SSSR count). The summed E-state index contributed by atoms with van der Waals surface area (Å²) in [6.07, 6.45) is 4.32. The molecule has 0 unspecified atom stereocenters. The Bertz CT molecular complexity index is 674. The van der Waals surface area contributed by atoms with E-state index in [0.29, 0.717) is 5.92 Å². The van der Waals surface area contributed by atoms with E-state index in [1.807, 2.05) is 26.8 Å². The number of nitrogens with one attached hydrogen (secondary N) is 1. The van der Waals surface area contributed by atoms with Crippen LogP contribution in [0.15, 0.2) is 52.7 Å². The second-order valence-electron chi connectivity index (χ2n) is 6.04. The van der Waals surface area contributed by atoms with Gasteiger partial charge in [0.05, 0.1) is 5.69 Å². The molecule has 0 spiro atoms. The van der Waals surface area contributed by atoms with Crippen LogP contribution in [0.25, 0.3) is 5.57 Å². The quantitative estimate of drug-likeness (QED) is 0.761. The van der Waals surface area contributed by atoms with Gasteiger partial charge in [-0.2, -0.15) is 0 Å². The topological polar surface area (TPSA) is 38.1 Å². The van der Waals surface area contributed by atoms with Crippen molar-refractivity contribution in [1.29, 1.82) is 0 Å². The van der Waals surface area contributed by atoms with Crippen molar-refractivity contribution in [2.75, 3.05) is 0 Å². The zero-order chi connectivity index (χ0) is 16.8. The van der Waals surface area contributed by atoms with Crippen LogP contribution in [0.4, 0.5) is 0 Å². The van der Waals surface area contributed by atoms with Gasteiger partial charge < -0.3 is 9.84 Å². The van der Waals surface area contributed by atoms with E-state index in [-0.39, 0.29) is 0 Å². The molecule has 0 radical (unpaired) electrons. The summed E-state index contributed by atoms with van der Waals surface area (Å²) >= 11 is 0. The Kier molecular flexibility index (Phi) is 5.80. The number of hydrogen-bond donors (Lipinski definition) is 1. The highest BCUT2D eigenvalue weighted by Gasteiger charge is 2.13. The molecular formula is C20H26N2O. The van der Waals surface area contributed by atoms with Crippen LogP contribution in [-0.4, -0.2) is 5.16 Å². The number of nitrogens with zero attached hydrogens (tertiary/aromatic N) is 1. The Morgan fingerprint density at radius 1 is 1.22 bits per heavy atom. The third-order valence-corrected chi connectivity index (χ3v) is 3.91. The second kappa shape index (κ2) is 7.82. The second-order valence-corrected chi connectivity index (χ2v) is 6.04. The zero-order valence-corrected chi connectivity index (χ0v) is 14.7. The molecule has 0 fully saturated rings. The molecule has 0 atom stereocenters. The lowest BCUT2D eigenvalue weighted by Crippen LogP contribution is -2.17. The third kappa shape index (κ3) is 4.35. The lowest BCUT2D eigenvalue weighted by molar-refractivity contribution is 0.393. The molecule has 1 aromatic carbocycles. The van der Waals surface area contributed by atoms with Gasteiger partial charge in [-0.05, 0) is 43.9 Å². The molecule has 0 aliphatic carbocycles. The molecular weight excluding hydrogens is 284 g/mol. The van der Waals surface area contributed by atoms with Gasteiger partial charge in [-0.3, -0.25) is 0 Å². The van der Waals surface area contributed by atoms with Crippen LogP contribution in [0.2, 0.25) is 0 Å². The monoisotopic (exact) mass is 310 g/mol. The summed E-state index contributed by atoms with van der Waals surface area (Å²) in [6, 6.07) is 10.4. The molecule has 0 saturated heterocycles. The average molecular weight is 310 g/mol. The van der Waals surface area contributed by atoms with Crippen LogP contribution in [0.5, 0.6) is 0 Å². The first-order valence-corrected chi connectivity index (χ1v) is 8.11. The van der Waals surface area contributed by atoms with E-state index in [1.54, 1.807) is 0 Å². The normalized spacial score (nSPS) is 12.8. The van der Waals surface area contributed by atoms with Crippen molar-refractivity contribution in [1.82, 2.24) is 10.5 Å². The molecule has 0 bridgehead atoms. The average Bonchev–Trinajstić information content (AvgIpc) is 2.88. The van der Waals surface area contributed by atoms with Gasteiger partial charge in [0.25, 0.3) is 0 Å². The highest BCUT2D eigenvalue weighted by atomic mass is 16.5. The van der Waals surface area contributed by atoms with E-state index in [2.05, 4.69) is 60.7 Å². The first-order chi connectivity index (χ1) is 11.0. The van der Waals surface area contributed by atoms with Crippen molar-refractivity contribution in [3.8, 4) is 0 Å². The lowest BCUT2D eigenvalue weighted by Gasteiger charge is -2.16. The van der Waals surface area contributed by atoms with Crippen molar-refractivity contribution < 1.29 is 4.52 Å². The number of rotatable bonds is 6. The van der Waals surface area contributed by atoms with Gasteiger partial charge >= 0.3 is 0 Å². The van der Waals surface area contributed by atoms with Gasteiger partial charge in [-0.25, -0.2) is 0 Å². The van der Waals surface area contributed by atoms with Crippen molar-refractivity contribution in [3.05, 3.63) is 70.8 Å². The summed E-state index contributed by atoms with van der Waals surface area (Å²) in [5.74, 6) is 1.27. The summed E-state index contributed by atoms with van der Waals surface area (Å²) in [5.41, 5.74) is 5.65. The standard InChI is InChI=1S/C20H26N2O/c1-6-18(20-15(4)22-23-16(20)5)12-19(14(2)3)21-13-17-10-8-7-9-11-17/h6-12,14,21H,13H2,1-5H3/b18-6+,19-12+. The Morgan fingerprint density at radius 2 is 1.91 bits per heavy atom. The van der Waals surface area contributed by atoms with Crippen LogP contribution in [0, 0.1) is 19.8 Å². The Balaban J connectivity index is 2.23. The van der Waals surface area contributed by atoms with Gasteiger partial charge in [0.2, 0.25) is 0 Å². The van der Waals surface area contributed by atoms with Crippen molar-refractivity contribution in [2.24, 2.45) is 5.92 Å². The zero-order valence-electron chi connectivity index (χ0n) is 14.7. The highest BCUT2D eigenvalue weighted by molar-refractivity contribution is 5.76. The number of aromatic nitrogens is 1. The van der Waals surface area contributed by atoms with Gasteiger partial charge in [-0.15, -0.1) is 0 Å². The number of hydrogen-bond acceptors (Lipinski definition) is 3. The molecule has 3 heteroatoms. The van der Waals surface area contributed by atoms with Crippen LogP contribution in [-0.2, 0) is 6.54 Å². The molecule has 1 aromatic heterocycles. The van der Waals surface area contributed by atoms with Gasteiger partial charge in [0, 0.05) is 17.8 Å². The minimum atomic E-state index is 0.411. The first-order valence-electron chi connectivity index (χ1n) is 8.11. The SMILES string of the molecule is C/C=C(\C=C(\NCc1ccccc1)C(C)C)c1c(C)noc1C. The molecule has 23 heavy (non-hydrogen) atoms. The molecule has 2 aromatic rings. The fraction of sp³-hybridized carbons (Fsp3) is 0.350. The van der Waals surface area contributed by atoms with Crippen LogP contribution in [0.3, 0.4) is 0 Å². The summed E-state index contributed by atoms with van der Waals surface area (Å²) in [7, 11) is 0. The van der Waals surface area contributed by atoms with Gasteiger partial charge in [-0.1, -0.05) is 55.4 Å². The Hall–Kier alpha value is -2.29. The van der Waals surface area contributed by atoms with E-state index in [0.717, 1.165) is 29.1 Å². The summed E-state index contributed by atoms with van der Waals surface area (Å²) in [6.45, 7) is 11.2. The largest absolute Gasteiger partial charge is 0.384 e. The molecule has 122 valence electrons. The molecule has 3 nitrogen and oxygen atoms in total. The van der Waals surface area contributed by atoms with E-state index in [4.69, 9.17) is 4.52 Å².